The van der Waals surface area contributed by atoms with Crippen LogP contribution >= 0.6 is 11.6 Å². The largest absolute Gasteiger partial charge is 0.394 e. The number of fused-ring (bicyclic) bond motifs is 1. The molecule has 3 N–H and O–H groups in total. The van der Waals surface area contributed by atoms with E-state index >= 15 is 0 Å². The summed E-state index contributed by atoms with van der Waals surface area (Å²) in [4.78, 5) is 20.0. The molecule has 1 aliphatic rings. The number of amides is 1. The number of anilines is 2. The molecule has 2 atom stereocenters. The van der Waals surface area contributed by atoms with Gasteiger partial charge < -0.3 is 15.3 Å². The Labute approximate surface area is 209 Å². The number of carbonyl (C=O) groups excluding carboxylic acids is 1. The van der Waals surface area contributed by atoms with E-state index in [-0.39, 0.29) is 35.8 Å². The number of rotatable bonds is 7. The summed E-state index contributed by atoms with van der Waals surface area (Å²) in [5.41, 5.74) is 2.58. The third kappa shape index (κ3) is 5.68. The lowest BCUT2D eigenvalue weighted by atomic mass is 9.98. The summed E-state index contributed by atoms with van der Waals surface area (Å²) in [6, 6.07) is 5.94. The lowest BCUT2D eigenvalue weighted by Gasteiger charge is -2.35. The average Bonchev–Trinajstić information content (AvgIpc) is 3.21. The zero-order valence-electron chi connectivity index (χ0n) is 19.8. The Balaban J connectivity index is 1.69. The van der Waals surface area contributed by atoms with Gasteiger partial charge >= 0.3 is 0 Å². The molecular formula is C23H29ClN6O4S. The first-order chi connectivity index (χ1) is 16.6. The maximum atomic E-state index is 13.7. The normalized spacial score (nSPS) is 17.4. The van der Waals surface area contributed by atoms with Gasteiger partial charge in [-0.25, -0.2) is 17.9 Å². The van der Waals surface area contributed by atoms with Gasteiger partial charge in [-0.3, -0.25) is 9.52 Å². The van der Waals surface area contributed by atoms with Gasteiger partial charge in [-0.2, -0.15) is 5.10 Å². The highest BCUT2D eigenvalue weighted by molar-refractivity contribution is 7.92. The Bertz CT molecular complexity index is 1360. The fourth-order valence-electron chi connectivity index (χ4n) is 4.24. The van der Waals surface area contributed by atoms with Crippen LogP contribution < -0.4 is 10.0 Å². The highest BCUT2D eigenvalue weighted by atomic mass is 35.5. The number of piperidine rings is 1. The third-order valence-corrected chi connectivity index (χ3v) is 6.75. The molecule has 0 spiro atoms. The highest BCUT2D eigenvalue weighted by Crippen LogP contribution is 2.34. The van der Waals surface area contributed by atoms with Crippen molar-refractivity contribution in [1.82, 2.24) is 19.5 Å². The van der Waals surface area contributed by atoms with Crippen molar-refractivity contribution >= 4 is 44.7 Å². The second-order valence-corrected chi connectivity index (χ2v) is 11.1. The zero-order chi connectivity index (χ0) is 25.3. The third-order valence-electron chi connectivity index (χ3n) is 5.92. The van der Waals surface area contributed by atoms with Crippen molar-refractivity contribution in [2.75, 3.05) is 29.4 Å². The number of carbonyl (C=O) groups is 1. The predicted octanol–water partition coefficient (Wildman–Crippen LogP) is 3.22. The second-order valence-electron chi connectivity index (χ2n) is 8.95. The highest BCUT2D eigenvalue weighted by Gasteiger charge is 2.32. The number of likely N-dealkylation sites (tertiary alicyclic amines) is 1. The molecule has 3 aromatic rings. The molecule has 1 aliphatic heterocycles. The van der Waals surface area contributed by atoms with Gasteiger partial charge in [0.15, 0.2) is 5.65 Å². The number of hydrogen-bond donors (Lipinski definition) is 3. The number of aliphatic hydroxyl groups excluding tert-OH is 1. The number of hydrogen-bond acceptors (Lipinski definition) is 7. The molecule has 0 radical (unpaired) electrons. The molecule has 2 aromatic heterocycles. The minimum Gasteiger partial charge on any atom is -0.394 e. The summed E-state index contributed by atoms with van der Waals surface area (Å²) in [5, 5.41) is 17.6. The molecule has 188 valence electrons. The molecule has 12 heteroatoms. The number of aryl methyl sites for hydroxylation is 1. The second kappa shape index (κ2) is 10.00. The summed E-state index contributed by atoms with van der Waals surface area (Å²) >= 11 is 6.16. The number of nitrogens with zero attached hydrogens (tertiary/aromatic N) is 4. The van der Waals surface area contributed by atoms with E-state index in [9.17, 15) is 18.3 Å². The maximum absolute atomic E-state index is 13.7. The van der Waals surface area contributed by atoms with Gasteiger partial charge in [0.25, 0.3) is 5.91 Å². The van der Waals surface area contributed by atoms with Crippen molar-refractivity contribution in [2.24, 2.45) is 0 Å². The monoisotopic (exact) mass is 520 g/mol. The minimum absolute atomic E-state index is 0.0182. The summed E-state index contributed by atoms with van der Waals surface area (Å²) in [7, 11) is -3.59. The van der Waals surface area contributed by atoms with E-state index in [0.29, 0.717) is 28.7 Å². The van der Waals surface area contributed by atoms with Gasteiger partial charge in [-0.05, 0) is 51.3 Å². The fraction of sp³-hybridized carbons (Fsp3) is 0.435. The number of sulfonamides is 1. The van der Waals surface area contributed by atoms with E-state index in [2.05, 4.69) is 15.0 Å². The van der Waals surface area contributed by atoms with Crippen LogP contribution in [0.5, 0.6) is 0 Å². The van der Waals surface area contributed by atoms with E-state index < -0.39 is 10.0 Å². The summed E-state index contributed by atoms with van der Waals surface area (Å²) in [6.45, 7) is 4.26. The number of halogens is 1. The standard InChI is InChI=1S/C23H29ClN6O4S/c1-14-12-30-21(26-22(14)25-15(2)13-31)11-19(27-30)20-6-4-5-9-29(20)23(32)17-10-16(24)7-8-18(17)28-35(3,33)34/h7-8,10-12,15,20,28,31H,4-6,9,13H2,1-3H3,(H,25,26)/t15-,20+/m1/s1. The average molecular weight is 521 g/mol. The lowest BCUT2D eigenvalue weighted by Crippen LogP contribution is -2.39. The molecule has 1 fully saturated rings. The number of benzene rings is 1. The molecule has 3 heterocycles. The SMILES string of the molecule is Cc1cn2nc([C@@H]3CCCCN3C(=O)c3cc(Cl)ccc3NS(C)(=O)=O)cc2nc1N[C@H](C)CO. The van der Waals surface area contributed by atoms with Crippen molar-refractivity contribution in [2.45, 2.75) is 45.2 Å². The molecule has 0 saturated carbocycles. The molecule has 35 heavy (non-hydrogen) atoms. The molecule has 4 rings (SSSR count). The quantitative estimate of drug-likeness (QED) is 0.436. The number of aliphatic hydroxyl groups is 1. The Hall–Kier alpha value is -2.89. The number of aromatic nitrogens is 3. The summed E-state index contributed by atoms with van der Waals surface area (Å²) in [5.74, 6) is 0.348. The topological polar surface area (TPSA) is 129 Å². The first kappa shape index (κ1) is 25.2. The molecule has 1 saturated heterocycles. The molecule has 0 unspecified atom stereocenters. The van der Waals surface area contributed by atoms with Crippen LogP contribution in [-0.2, 0) is 10.0 Å². The van der Waals surface area contributed by atoms with E-state index in [4.69, 9.17) is 16.7 Å². The fourth-order valence-corrected chi connectivity index (χ4v) is 4.99. The molecule has 0 bridgehead atoms. The molecule has 1 amide bonds. The van der Waals surface area contributed by atoms with Crippen molar-refractivity contribution in [1.29, 1.82) is 0 Å². The van der Waals surface area contributed by atoms with Crippen LogP contribution in [0.1, 0.15) is 53.8 Å². The lowest BCUT2D eigenvalue weighted by molar-refractivity contribution is 0.0607. The van der Waals surface area contributed by atoms with Crippen LogP contribution in [0.2, 0.25) is 5.02 Å². The van der Waals surface area contributed by atoms with E-state index in [0.717, 1.165) is 31.1 Å². The molecule has 1 aromatic carbocycles. The van der Waals surface area contributed by atoms with Gasteiger partial charge in [-0.1, -0.05) is 11.6 Å². The Kier molecular flexibility index (Phi) is 7.20. The molecular weight excluding hydrogens is 492 g/mol. The minimum atomic E-state index is -3.59. The number of nitrogens with one attached hydrogen (secondary N) is 2. The van der Waals surface area contributed by atoms with Gasteiger partial charge in [-0.15, -0.1) is 0 Å². The van der Waals surface area contributed by atoms with Crippen LogP contribution in [-0.4, -0.2) is 64.4 Å². The van der Waals surface area contributed by atoms with E-state index in [1.807, 2.05) is 26.1 Å². The van der Waals surface area contributed by atoms with E-state index in [1.54, 1.807) is 15.5 Å². The predicted molar refractivity (Wildman–Crippen MR) is 135 cm³/mol. The Morgan fingerprint density at radius 1 is 1.31 bits per heavy atom. The first-order valence-electron chi connectivity index (χ1n) is 11.4. The van der Waals surface area contributed by atoms with Crippen molar-refractivity contribution in [3.05, 3.63) is 52.3 Å². The van der Waals surface area contributed by atoms with Crippen LogP contribution in [0.4, 0.5) is 11.5 Å². The van der Waals surface area contributed by atoms with Crippen molar-refractivity contribution in [3.8, 4) is 0 Å². The smallest absolute Gasteiger partial charge is 0.256 e. The van der Waals surface area contributed by atoms with Crippen molar-refractivity contribution in [3.63, 3.8) is 0 Å². The van der Waals surface area contributed by atoms with Gasteiger partial charge in [0.2, 0.25) is 10.0 Å². The van der Waals surface area contributed by atoms with Crippen molar-refractivity contribution < 1.29 is 18.3 Å². The maximum Gasteiger partial charge on any atom is 0.256 e. The van der Waals surface area contributed by atoms with Crippen LogP contribution in [0.3, 0.4) is 0 Å². The summed E-state index contributed by atoms with van der Waals surface area (Å²) in [6.07, 6.45) is 5.37. The molecule has 10 nitrogen and oxygen atoms in total. The zero-order valence-corrected chi connectivity index (χ0v) is 21.4. The Morgan fingerprint density at radius 2 is 2.09 bits per heavy atom. The van der Waals surface area contributed by atoms with Crippen LogP contribution in [0.15, 0.2) is 30.5 Å². The molecule has 0 aliphatic carbocycles. The van der Waals surface area contributed by atoms with Gasteiger partial charge in [0.1, 0.15) is 5.82 Å². The first-order valence-corrected chi connectivity index (χ1v) is 13.7. The van der Waals surface area contributed by atoms with Crippen LogP contribution in [0.25, 0.3) is 5.65 Å². The van der Waals surface area contributed by atoms with Crippen LogP contribution in [0, 0.1) is 6.92 Å². The van der Waals surface area contributed by atoms with Gasteiger partial charge in [0, 0.05) is 35.4 Å². The summed E-state index contributed by atoms with van der Waals surface area (Å²) < 4.78 is 27.8. The Morgan fingerprint density at radius 3 is 2.80 bits per heavy atom. The van der Waals surface area contributed by atoms with Gasteiger partial charge in [0.05, 0.1) is 35.8 Å². The van der Waals surface area contributed by atoms with E-state index in [1.165, 1.54) is 12.1 Å².